The lowest BCUT2D eigenvalue weighted by Gasteiger charge is -2.08. The second-order valence-corrected chi connectivity index (χ2v) is 4.08. The van der Waals surface area contributed by atoms with Crippen LogP contribution < -0.4 is 0 Å². The predicted molar refractivity (Wildman–Crippen MR) is 61.9 cm³/mol. The van der Waals surface area contributed by atoms with Crippen molar-refractivity contribution in [1.82, 2.24) is 9.97 Å². The van der Waals surface area contributed by atoms with E-state index in [-0.39, 0.29) is 11.3 Å². The molecule has 0 amide bonds. The Morgan fingerprint density at radius 1 is 1.15 bits per heavy atom. The van der Waals surface area contributed by atoms with Crippen molar-refractivity contribution in [2.24, 2.45) is 0 Å². The van der Waals surface area contributed by atoms with Crippen LogP contribution in [0.25, 0.3) is 0 Å². The molecule has 0 spiro atoms. The molecule has 0 unspecified atom stereocenters. The standard InChI is InChI=1S/C12H5ClF4N2O/c13-11-7(2-4-9(19-11)12(15,16)17)10(20)8-3-1-6(14)5-18-8/h1-5H. The Hall–Kier alpha value is -2.02. The SMILES string of the molecule is O=C(c1ccc(F)cn1)c1ccc(C(F)(F)F)nc1Cl. The van der Waals surface area contributed by atoms with Crippen molar-refractivity contribution < 1.29 is 22.4 Å². The normalized spacial score (nSPS) is 11.4. The third kappa shape index (κ3) is 2.93. The zero-order valence-electron chi connectivity index (χ0n) is 9.58. The Labute approximate surface area is 115 Å². The van der Waals surface area contributed by atoms with Crippen LogP contribution in [0.1, 0.15) is 21.7 Å². The minimum absolute atomic E-state index is 0.144. The van der Waals surface area contributed by atoms with Crippen molar-refractivity contribution in [3.05, 3.63) is 58.4 Å². The average molecular weight is 305 g/mol. The maximum absolute atomic E-state index is 12.7. The highest BCUT2D eigenvalue weighted by molar-refractivity contribution is 6.33. The molecule has 0 atom stereocenters. The zero-order chi connectivity index (χ0) is 14.9. The molecule has 0 bridgehead atoms. The third-order valence-electron chi connectivity index (χ3n) is 2.34. The summed E-state index contributed by atoms with van der Waals surface area (Å²) in [5.74, 6) is -1.38. The molecule has 0 saturated heterocycles. The summed E-state index contributed by atoms with van der Waals surface area (Å²) in [4.78, 5) is 18.6. The molecule has 0 aliphatic heterocycles. The first kappa shape index (κ1) is 14.4. The van der Waals surface area contributed by atoms with Crippen LogP contribution in [0.3, 0.4) is 0 Å². The first-order valence-electron chi connectivity index (χ1n) is 5.19. The number of hydrogen-bond acceptors (Lipinski definition) is 3. The maximum Gasteiger partial charge on any atom is 0.433 e. The van der Waals surface area contributed by atoms with E-state index in [0.29, 0.717) is 6.07 Å². The van der Waals surface area contributed by atoms with Crippen molar-refractivity contribution in [2.45, 2.75) is 6.18 Å². The van der Waals surface area contributed by atoms with Crippen LogP contribution in [-0.2, 0) is 6.18 Å². The van der Waals surface area contributed by atoms with Gasteiger partial charge in [-0.05, 0) is 24.3 Å². The molecule has 0 aliphatic rings. The van der Waals surface area contributed by atoms with Gasteiger partial charge in [0.15, 0.2) is 0 Å². The maximum atomic E-state index is 12.7. The number of aromatic nitrogens is 2. The largest absolute Gasteiger partial charge is 0.433 e. The molecule has 8 heteroatoms. The van der Waals surface area contributed by atoms with E-state index in [0.717, 1.165) is 24.4 Å². The second-order valence-electron chi connectivity index (χ2n) is 3.72. The zero-order valence-corrected chi connectivity index (χ0v) is 10.3. The molecule has 0 saturated carbocycles. The van der Waals surface area contributed by atoms with Gasteiger partial charge in [-0.1, -0.05) is 11.6 Å². The number of hydrogen-bond donors (Lipinski definition) is 0. The number of halogens is 5. The van der Waals surface area contributed by atoms with Gasteiger partial charge < -0.3 is 0 Å². The highest BCUT2D eigenvalue weighted by atomic mass is 35.5. The molecule has 0 fully saturated rings. The van der Waals surface area contributed by atoms with Gasteiger partial charge in [0.1, 0.15) is 22.4 Å². The monoisotopic (exact) mass is 304 g/mol. The molecular formula is C12H5ClF4N2O. The number of rotatable bonds is 2. The van der Waals surface area contributed by atoms with E-state index in [2.05, 4.69) is 9.97 Å². The molecule has 2 aromatic heterocycles. The van der Waals surface area contributed by atoms with Crippen molar-refractivity contribution >= 4 is 17.4 Å². The fourth-order valence-corrected chi connectivity index (χ4v) is 1.65. The molecule has 2 aromatic rings. The lowest BCUT2D eigenvalue weighted by Crippen LogP contribution is -2.11. The molecule has 104 valence electrons. The third-order valence-corrected chi connectivity index (χ3v) is 2.63. The summed E-state index contributed by atoms with van der Waals surface area (Å²) in [5.41, 5.74) is -1.58. The topological polar surface area (TPSA) is 42.9 Å². The van der Waals surface area contributed by atoms with Crippen LogP contribution in [0.15, 0.2) is 30.5 Å². The van der Waals surface area contributed by atoms with Gasteiger partial charge in [0.25, 0.3) is 0 Å². The van der Waals surface area contributed by atoms with Crippen molar-refractivity contribution in [3.8, 4) is 0 Å². The molecule has 0 radical (unpaired) electrons. The minimum Gasteiger partial charge on any atom is -0.287 e. The van der Waals surface area contributed by atoms with Gasteiger partial charge >= 0.3 is 6.18 Å². The lowest BCUT2D eigenvalue weighted by molar-refractivity contribution is -0.141. The van der Waals surface area contributed by atoms with Crippen molar-refractivity contribution in [2.75, 3.05) is 0 Å². The van der Waals surface area contributed by atoms with E-state index >= 15 is 0 Å². The highest BCUT2D eigenvalue weighted by Gasteiger charge is 2.33. The summed E-state index contributed by atoms with van der Waals surface area (Å²) in [5, 5.41) is -0.587. The number of nitrogens with zero attached hydrogens (tertiary/aromatic N) is 2. The van der Waals surface area contributed by atoms with Crippen LogP contribution in [0.4, 0.5) is 17.6 Å². The van der Waals surface area contributed by atoms with Gasteiger partial charge in [0.2, 0.25) is 5.78 Å². The van der Waals surface area contributed by atoms with E-state index in [9.17, 15) is 22.4 Å². The second kappa shape index (κ2) is 5.16. The smallest absolute Gasteiger partial charge is 0.287 e. The fraction of sp³-hybridized carbons (Fsp3) is 0.0833. The van der Waals surface area contributed by atoms with Crippen LogP contribution in [-0.4, -0.2) is 15.8 Å². The Bertz CT molecular complexity index is 655. The predicted octanol–water partition coefficient (Wildman–Crippen LogP) is 3.52. The number of carbonyl (C=O) groups excluding carboxylic acids is 1. The van der Waals surface area contributed by atoms with E-state index < -0.39 is 28.6 Å². The number of ketones is 1. The summed E-state index contributed by atoms with van der Waals surface area (Å²) >= 11 is 5.58. The quantitative estimate of drug-likeness (QED) is 0.484. The van der Waals surface area contributed by atoms with Gasteiger partial charge in [0.05, 0.1) is 11.8 Å². The molecule has 0 N–H and O–H groups in total. The van der Waals surface area contributed by atoms with E-state index in [1.54, 1.807) is 0 Å². The minimum atomic E-state index is -4.65. The molecule has 3 nitrogen and oxygen atoms in total. The average Bonchev–Trinajstić information content (AvgIpc) is 2.37. The van der Waals surface area contributed by atoms with Gasteiger partial charge in [-0.3, -0.25) is 4.79 Å². The van der Waals surface area contributed by atoms with Gasteiger partial charge in [-0.25, -0.2) is 14.4 Å². The van der Waals surface area contributed by atoms with E-state index in [4.69, 9.17) is 11.6 Å². The number of pyridine rings is 2. The Balaban J connectivity index is 2.38. The Morgan fingerprint density at radius 2 is 1.85 bits per heavy atom. The van der Waals surface area contributed by atoms with Gasteiger partial charge in [-0.15, -0.1) is 0 Å². The summed E-state index contributed by atoms with van der Waals surface area (Å²) < 4.78 is 49.9. The highest BCUT2D eigenvalue weighted by Crippen LogP contribution is 2.29. The first-order valence-corrected chi connectivity index (χ1v) is 5.57. The summed E-state index contributed by atoms with van der Waals surface area (Å²) in [6.07, 6.45) is -3.84. The van der Waals surface area contributed by atoms with Crippen LogP contribution in [0.5, 0.6) is 0 Å². The molecule has 0 aliphatic carbocycles. The number of alkyl halides is 3. The summed E-state index contributed by atoms with van der Waals surface area (Å²) in [6, 6.07) is 3.66. The molecule has 2 heterocycles. The van der Waals surface area contributed by atoms with Gasteiger partial charge in [0, 0.05) is 0 Å². The number of carbonyl (C=O) groups is 1. The summed E-state index contributed by atoms with van der Waals surface area (Å²) in [7, 11) is 0. The Morgan fingerprint density at radius 3 is 2.35 bits per heavy atom. The van der Waals surface area contributed by atoms with E-state index in [1.165, 1.54) is 0 Å². The summed E-state index contributed by atoms with van der Waals surface area (Å²) in [6.45, 7) is 0. The van der Waals surface area contributed by atoms with Crippen molar-refractivity contribution in [1.29, 1.82) is 0 Å². The Kier molecular flexibility index (Phi) is 3.71. The van der Waals surface area contributed by atoms with E-state index in [1.807, 2.05) is 0 Å². The molecular weight excluding hydrogens is 300 g/mol. The first-order chi connectivity index (χ1) is 9.29. The van der Waals surface area contributed by atoms with Crippen LogP contribution >= 0.6 is 11.6 Å². The lowest BCUT2D eigenvalue weighted by atomic mass is 10.1. The molecule has 0 aromatic carbocycles. The molecule has 2 rings (SSSR count). The van der Waals surface area contributed by atoms with Gasteiger partial charge in [-0.2, -0.15) is 13.2 Å². The van der Waals surface area contributed by atoms with Crippen molar-refractivity contribution in [3.63, 3.8) is 0 Å². The van der Waals surface area contributed by atoms with Crippen LogP contribution in [0, 0.1) is 5.82 Å². The fourth-order valence-electron chi connectivity index (χ4n) is 1.41. The molecule has 20 heavy (non-hydrogen) atoms. The van der Waals surface area contributed by atoms with Crippen LogP contribution in [0.2, 0.25) is 5.15 Å².